The summed E-state index contributed by atoms with van der Waals surface area (Å²) in [5.41, 5.74) is 7.56. The minimum atomic E-state index is -0.198. The van der Waals surface area contributed by atoms with Crippen LogP contribution in [0.25, 0.3) is 22.6 Å². The molecule has 1 unspecified atom stereocenters. The van der Waals surface area contributed by atoms with Crippen LogP contribution in [0.2, 0.25) is 0 Å². The topological polar surface area (TPSA) is 137 Å². The average Bonchev–Trinajstić information content (AvgIpc) is 3.07. The summed E-state index contributed by atoms with van der Waals surface area (Å²) in [5.74, 6) is 2.08. The summed E-state index contributed by atoms with van der Waals surface area (Å²) in [5, 5.41) is 2.91. The number of nitrogens with two attached hydrogens (primary N) is 1. The Labute approximate surface area is 160 Å². The molecule has 3 N–H and O–H groups in total. The molecule has 0 aromatic carbocycles. The third-order valence-electron chi connectivity index (χ3n) is 4.91. The highest BCUT2D eigenvalue weighted by atomic mass is 16.5. The summed E-state index contributed by atoms with van der Waals surface area (Å²) in [6.07, 6.45) is 3.19. The largest absolute Gasteiger partial charge is 0.378 e. The summed E-state index contributed by atoms with van der Waals surface area (Å²) in [6.45, 7) is 4.74. The molecule has 0 aliphatic carbocycles. The van der Waals surface area contributed by atoms with Crippen LogP contribution in [0.15, 0.2) is 12.4 Å². The number of carbonyl (C=O) groups is 1. The molecule has 2 aliphatic heterocycles. The highest BCUT2D eigenvalue weighted by Crippen LogP contribution is 2.31. The van der Waals surface area contributed by atoms with E-state index in [1.165, 1.54) is 0 Å². The molecule has 0 spiro atoms. The summed E-state index contributed by atoms with van der Waals surface area (Å²) >= 11 is 0. The number of amides is 1. The Kier molecular flexibility index (Phi) is 3.83. The number of aromatic nitrogens is 6. The van der Waals surface area contributed by atoms with Crippen molar-refractivity contribution in [1.29, 1.82) is 0 Å². The summed E-state index contributed by atoms with van der Waals surface area (Å²) < 4.78 is 7.33. The number of rotatable bonds is 2. The van der Waals surface area contributed by atoms with Gasteiger partial charge in [-0.1, -0.05) is 0 Å². The predicted octanol–water partition coefficient (Wildman–Crippen LogP) is -0.107. The van der Waals surface area contributed by atoms with E-state index in [2.05, 4.69) is 20.2 Å². The first-order valence-electron chi connectivity index (χ1n) is 9.08. The molecule has 11 nitrogen and oxygen atoms in total. The monoisotopic (exact) mass is 381 g/mol. The second kappa shape index (κ2) is 6.37. The van der Waals surface area contributed by atoms with Crippen molar-refractivity contribution in [1.82, 2.24) is 34.8 Å². The van der Waals surface area contributed by atoms with Gasteiger partial charge in [0.1, 0.15) is 12.4 Å². The number of nitrogens with zero attached hydrogens (tertiary/aromatic N) is 7. The average molecular weight is 381 g/mol. The van der Waals surface area contributed by atoms with Crippen LogP contribution < -0.4 is 16.0 Å². The third kappa shape index (κ3) is 2.71. The lowest BCUT2D eigenvalue weighted by Crippen LogP contribution is -2.37. The normalized spacial score (nSPS) is 19.5. The molecule has 1 fully saturated rings. The van der Waals surface area contributed by atoms with Gasteiger partial charge in [0.2, 0.25) is 11.9 Å². The maximum absolute atomic E-state index is 12.1. The first-order valence-corrected chi connectivity index (χ1v) is 9.08. The van der Waals surface area contributed by atoms with E-state index in [1.807, 2.05) is 11.5 Å². The van der Waals surface area contributed by atoms with Crippen LogP contribution in [0, 0.1) is 0 Å². The Bertz CT molecular complexity index is 1060. The van der Waals surface area contributed by atoms with Crippen molar-refractivity contribution < 1.29 is 9.53 Å². The lowest BCUT2D eigenvalue weighted by molar-refractivity contribution is -0.123. The quantitative estimate of drug-likeness (QED) is 0.623. The molecule has 0 saturated carbocycles. The smallest absolute Gasteiger partial charge is 0.240 e. The Balaban J connectivity index is 1.74. The standard InChI is InChI=1S/C17H19N9O2/c1-9-14-22-12-15(25-2-4-28-5-3-25)23-13(10-6-19-17(18)20-7-10)24-16(12)26(14)8-11(27)21-9/h6-7,9H,2-5,8H2,1H3,(H,21,27)(H2,18,19,20). The van der Waals surface area contributed by atoms with E-state index in [0.29, 0.717) is 48.9 Å². The van der Waals surface area contributed by atoms with Crippen molar-refractivity contribution in [2.75, 3.05) is 36.9 Å². The summed E-state index contributed by atoms with van der Waals surface area (Å²) in [4.78, 5) is 36.6. The Morgan fingerprint density at radius 1 is 1.18 bits per heavy atom. The molecule has 1 saturated heterocycles. The zero-order chi connectivity index (χ0) is 19.3. The van der Waals surface area contributed by atoms with Gasteiger partial charge < -0.3 is 25.3 Å². The van der Waals surface area contributed by atoms with Crippen LogP contribution in [-0.2, 0) is 16.1 Å². The van der Waals surface area contributed by atoms with Gasteiger partial charge in [-0.15, -0.1) is 0 Å². The van der Waals surface area contributed by atoms with Gasteiger partial charge in [0.15, 0.2) is 22.8 Å². The highest BCUT2D eigenvalue weighted by Gasteiger charge is 2.29. The Morgan fingerprint density at radius 3 is 2.68 bits per heavy atom. The van der Waals surface area contributed by atoms with Gasteiger partial charge >= 0.3 is 0 Å². The number of ether oxygens (including phenoxy) is 1. The number of hydrogen-bond acceptors (Lipinski definition) is 9. The predicted molar refractivity (Wildman–Crippen MR) is 100 cm³/mol. The van der Waals surface area contributed by atoms with E-state index in [1.54, 1.807) is 12.4 Å². The lowest BCUT2D eigenvalue weighted by atomic mass is 10.2. The van der Waals surface area contributed by atoms with E-state index < -0.39 is 0 Å². The van der Waals surface area contributed by atoms with Crippen molar-refractivity contribution in [2.45, 2.75) is 19.5 Å². The minimum absolute atomic E-state index is 0.0665. The van der Waals surface area contributed by atoms with Crippen LogP contribution in [0.3, 0.4) is 0 Å². The molecule has 1 amide bonds. The van der Waals surface area contributed by atoms with Gasteiger partial charge in [-0.25, -0.2) is 24.9 Å². The van der Waals surface area contributed by atoms with Gasteiger partial charge in [0, 0.05) is 25.5 Å². The number of hydrogen-bond donors (Lipinski definition) is 2. The molecule has 3 aromatic heterocycles. The minimum Gasteiger partial charge on any atom is -0.378 e. The third-order valence-corrected chi connectivity index (χ3v) is 4.91. The number of fused-ring (bicyclic) bond motifs is 3. The number of imidazole rings is 1. The van der Waals surface area contributed by atoms with Crippen LogP contribution >= 0.6 is 0 Å². The fourth-order valence-electron chi connectivity index (χ4n) is 3.56. The van der Waals surface area contributed by atoms with E-state index in [-0.39, 0.29) is 24.4 Å². The van der Waals surface area contributed by atoms with E-state index in [0.717, 1.165) is 11.6 Å². The van der Waals surface area contributed by atoms with Crippen molar-refractivity contribution >= 4 is 28.8 Å². The van der Waals surface area contributed by atoms with Crippen molar-refractivity contribution in [3.05, 3.63) is 18.2 Å². The Hall–Kier alpha value is -3.34. The van der Waals surface area contributed by atoms with Crippen LogP contribution in [0.5, 0.6) is 0 Å². The van der Waals surface area contributed by atoms with Crippen LogP contribution in [0.1, 0.15) is 18.8 Å². The maximum Gasteiger partial charge on any atom is 0.240 e. The van der Waals surface area contributed by atoms with Crippen LogP contribution in [0.4, 0.5) is 11.8 Å². The summed E-state index contributed by atoms with van der Waals surface area (Å²) in [7, 11) is 0. The molecule has 5 rings (SSSR count). The van der Waals surface area contributed by atoms with Crippen molar-refractivity contribution in [3.63, 3.8) is 0 Å². The molecule has 28 heavy (non-hydrogen) atoms. The molecule has 5 heterocycles. The highest BCUT2D eigenvalue weighted by molar-refractivity contribution is 5.88. The van der Waals surface area contributed by atoms with E-state index in [9.17, 15) is 4.79 Å². The zero-order valence-electron chi connectivity index (χ0n) is 15.3. The number of nitrogens with one attached hydrogen (secondary N) is 1. The van der Waals surface area contributed by atoms with Crippen LogP contribution in [-0.4, -0.2) is 61.7 Å². The fraction of sp³-hybridized carbons (Fsp3) is 0.412. The van der Waals surface area contributed by atoms with E-state index in [4.69, 9.17) is 25.4 Å². The molecular formula is C17H19N9O2. The number of carbonyl (C=O) groups excluding carboxylic acids is 1. The molecule has 11 heteroatoms. The molecule has 144 valence electrons. The molecular weight excluding hydrogens is 362 g/mol. The van der Waals surface area contributed by atoms with Gasteiger partial charge in [-0.05, 0) is 6.92 Å². The lowest BCUT2D eigenvalue weighted by Gasteiger charge is -2.28. The molecule has 0 bridgehead atoms. The van der Waals surface area contributed by atoms with Crippen molar-refractivity contribution in [3.8, 4) is 11.4 Å². The second-order valence-corrected chi connectivity index (χ2v) is 6.82. The Morgan fingerprint density at radius 2 is 1.93 bits per heavy atom. The fourth-order valence-corrected chi connectivity index (χ4v) is 3.56. The van der Waals surface area contributed by atoms with Gasteiger partial charge in [-0.2, -0.15) is 0 Å². The number of anilines is 2. The SMILES string of the molecule is CC1NC(=O)Cn2c1nc1c(N3CCOCC3)nc(-c3cnc(N)nc3)nc12. The molecule has 2 aliphatic rings. The molecule has 3 aromatic rings. The number of nitrogen functional groups attached to an aromatic ring is 1. The second-order valence-electron chi connectivity index (χ2n) is 6.82. The molecule has 1 atom stereocenters. The first kappa shape index (κ1) is 16.8. The van der Waals surface area contributed by atoms with Crippen molar-refractivity contribution in [2.24, 2.45) is 0 Å². The van der Waals surface area contributed by atoms with Gasteiger partial charge in [-0.3, -0.25) is 4.79 Å². The van der Waals surface area contributed by atoms with Gasteiger partial charge in [0.05, 0.1) is 24.8 Å². The molecule has 0 radical (unpaired) electrons. The van der Waals surface area contributed by atoms with Gasteiger partial charge in [0.25, 0.3) is 0 Å². The number of morpholine rings is 1. The zero-order valence-corrected chi connectivity index (χ0v) is 15.3. The first-order chi connectivity index (χ1) is 13.6. The summed E-state index contributed by atoms with van der Waals surface area (Å²) in [6, 6.07) is -0.198. The van der Waals surface area contributed by atoms with E-state index >= 15 is 0 Å². The maximum atomic E-state index is 12.1.